The molecule has 0 radical (unpaired) electrons. The third kappa shape index (κ3) is 3.68. The van der Waals surface area contributed by atoms with E-state index in [2.05, 4.69) is 42.8 Å². The van der Waals surface area contributed by atoms with Gasteiger partial charge in [0.15, 0.2) is 5.13 Å². The van der Waals surface area contributed by atoms with Gasteiger partial charge >= 0.3 is 0 Å². The monoisotopic (exact) mass is 282 g/mol. The first kappa shape index (κ1) is 14.8. The van der Waals surface area contributed by atoms with E-state index in [-0.39, 0.29) is 0 Å². The van der Waals surface area contributed by atoms with E-state index < -0.39 is 0 Å². The molecule has 5 heteroatoms. The zero-order chi connectivity index (χ0) is 13.8. The van der Waals surface area contributed by atoms with Crippen LogP contribution in [0.15, 0.2) is 0 Å². The van der Waals surface area contributed by atoms with E-state index >= 15 is 0 Å². The van der Waals surface area contributed by atoms with Gasteiger partial charge in [-0.15, -0.1) is 11.3 Å². The Balaban J connectivity index is 1.96. The fraction of sp³-hybridized carbons (Fsp3) is 0.786. The molecule has 0 unspecified atom stereocenters. The molecule has 0 bridgehead atoms. The maximum absolute atomic E-state index is 4.74. The molecule has 1 aromatic rings. The zero-order valence-corrected chi connectivity index (χ0v) is 13.4. The molecule has 0 amide bonds. The largest absolute Gasteiger partial charge is 0.346 e. The van der Waals surface area contributed by atoms with Crippen molar-refractivity contribution in [2.24, 2.45) is 0 Å². The molecule has 108 valence electrons. The summed E-state index contributed by atoms with van der Waals surface area (Å²) in [5.41, 5.74) is 1.19. The van der Waals surface area contributed by atoms with Crippen molar-refractivity contribution in [1.82, 2.24) is 15.2 Å². The number of rotatable bonds is 5. The highest BCUT2D eigenvalue weighted by molar-refractivity contribution is 7.15. The lowest BCUT2D eigenvalue weighted by Gasteiger charge is -2.36. The predicted octanol–water partition coefficient (Wildman–Crippen LogP) is 2.09. The lowest BCUT2D eigenvalue weighted by atomic mass is 10.2. The molecular formula is C14H26N4S. The number of aryl methyl sites for hydroxylation is 1. The second kappa shape index (κ2) is 6.68. The lowest BCUT2D eigenvalue weighted by Crippen LogP contribution is -2.48. The number of nitrogens with one attached hydrogen (secondary N) is 1. The SMILES string of the molecule is CCNCc1sc(N2CCN(C(C)C)CC2)nc1C. The van der Waals surface area contributed by atoms with Crippen molar-refractivity contribution in [3.8, 4) is 0 Å². The Hall–Kier alpha value is -0.650. The van der Waals surface area contributed by atoms with Crippen LogP contribution in [0.1, 0.15) is 31.3 Å². The van der Waals surface area contributed by atoms with Gasteiger partial charge < -0.3 is 10.2 Å². The van der Waals surface area contributed by atoms with Crippen molar-refractivity contribution in [2.75, 3.05) is 37.6 Å². The average molecular weight is 282 g/mol. The number of aromatic nitrogens is 1. The van der Waals surface area contributed by atoms with Gasteiger partial charge in [-0.3, -0.25) is 4.90 Å². The summed E-state index contributed by atoms with van der Waals surface area (Å²) in [7, 11) is 0. The Bertz CT molecular complexity index is 394. The summed E-state index contributed by atoms with van der Waals surface area (Å²) in [6.07, 6.45) is 0. The van der Waals surface area contributed by atoms with Crippen LogP contribution in [0.5, 0.6) is 0 Å². The molecule has 0 saturated carbocycles. The number of hydrogen-bond donors (Lipinski definition) is 1. The molecule has 1 saturated heterocycles. The van der Waals surface area contributed by atoms with Gasteiger partial charge in [-0.25, -0.2) is 4.98 Å². The molecule has 19 heavy (non-hydrogen) atoms. The maximum Gasteiger partial charge on any atom is 0.185 e. The quantitative estimate of drug-likeness (QED) is 0.896. The van der Waals surface area contributed by atoms with Crippen LogP contribution < -0.4 is 10.2 Å². The van der Waals surface area contributed by atoms with Crippen molar-refractivity contribution in [2.45, 2.75) is 40.3 Å². The number of nitrogens with zero attached hydrogens (tertiary/aromatic N) is 3. The number of hydrogen-bond acceptors (Lipinski definition) is 5. The van der Waals surface area contributed by atoms with Gasteiger partial charge in [0.1, 0.15) is 0 Å². The second-order valence-electron chi connectivity index (χ2n) is 5.40. The maximum atomic E-state index is 4.74. The first-order chi connectivity index (χ1) is 9.11. The van der Waals surface area contributed by atoms with Crippen molar-refractivity contribution < 1.29 is 0 Å². The molecule has 1 fully saturated rings. The Labute approximate surface area is 120 Å². The average Bonchev–Trinajstić information content (AvgIpc) is 2.78. The Morgan fingerprint density at radius 2 is 1.95 bits per heavy atom. The summed E-state index contributed by atoms with van der Waals surface area (Å²) in [6.45, 7) is 15.3. The Kier molecular flexibility index (Phi) is 5.19. The summed E-state index contributed by atoms with van der Waals surface area (Å²) >= 11 is 1.85. The van der Waals surface area contributed by atoms with Crippen molar-refractivity contribution in [3.63, 3.8) is 0 Å². The van der Waals surface area contributed by atoms with E-state index in [0.29, 0.717) is 6.04 Å². The van der Waals surface area contributed by atoms with Gasteiger partial charge in [-0.05, 0) is 27.3 Å². The highest BCUT2D eigenvalue weighted by atomic mass is 32.1. The lowest BCUT2D eigenvalue weighted by molar-refractivity contribution is 0.209. The fourth-order valence-corrected chi connectivity index (χ4v) is 3.46. The van der Waals surface area contributed by atoms with E-state index in [1.54, 1.807) is 0 Å². The first-order valence-electron chi connectivity index (χ1n) is 7.27. The van der Waals surface area contributed by atoms with Crippen LogP contribution >= 0.6 is 11.3 Å². The van der Waals surface area contributed by atoms with E-state index in [1.807, 2.05) is 11.3 Å². The molecule has 1 aliphatic rings. The van der Waals surface area contributed by atoms with E-state index in [4.69, 9.17) is 4.98 Å². The summed E-state index contributed by atoms with van der Waals surface area (Å²) < 4.78 is 0. The molecule has 1 aliphatic heterocycles. The number of thiazole rings is 1. The Morgan fingerprint density at radius 1 is 1.26 bits per heavy atom. The van der Waals surface area contributed by atoms with Gasteiger partial charge in [0.05, 0.1) is 5.69 Å². The zero-order valence-electron chi connectivity index (χ0n) is 12.6. The fourth-order valence-electron chi connectivity index (χ4n) is 2.38. The van der Waals surface area contributed by atoms with Gasteiger partial charge in [-0.2, -0.15) is 0 Å². The second-order valence-corrected chi connectivity index (χ2v) is 6.46. The molecule has 0 aromatic carbocycles. The summed E-state index contributed by atoms with van der Waals surface area (Å²) in [5, 5.41) is 4.59. The topological polar surface area (TPSA) is 31.4 Å². The van der Waals surface area contributed by atoms with E-state index in [1.165, 1.54) is 15.7 Å². The predicted molar refractivity (Wildman–Crippen MR) is 83.2 cm³/mol. The minimum atomic E-state index is 0.657. The standard InChI is InChI=1S/C14H26N4S/c1-5-15-10-13-12(4)16-14(19-13)18-8-6-17(7-9-18)11(2)3/h11,15H,5-10H2,1-4H3. The minimum absolute atomic E-state index is 0.657. The normalized spacial score (nSPS) is 17.4. The number of anilines is 1. The van der Waals surface area contributed by atoms with E-state index in [9.17, 15) is 0 Å². The molecule has 2 rings (SSSR count). The van der Waals surface area contributed by atoms with Gasteiger partial charge in [0, 0.05) is 43.6 Å². The molecule has 2 heterocycles. The molecule has 0 spiro atoms. The van der Waals surface area contributed by atoms with Crippen molar-refractivity contribution >= 4 is 16.5 Å². The smallest absolute Gasteiger partial charge is 0.185 e. The molecule has 1 N–H and O–H groups in total. The molecule has 0 atom stereocenters. The van der Waals surface area contributed by atoms with Gasteiger partial charge in [0.25, 0.3) is 0 Å². The van der Waals surface area contributed by atoms with Crippen LogP contribution in [0.2, 0.25) is 0 Å². The molecule has 1 aromatic heterocycles. The first-order valence-corrected chi connectivity index (χ1v) is 8.09. The third-order valence-corrected chi connectivity index (χ3v) is 4.95. The van der Waals surface area contributed by atoms with Crippen LogP contribution in [-0.2, 0) is 6.54 Å². The van der Waals surface area contributed by atoms with Crippen molar-refractivity contribution in [3.05, 3.63) is 10.6 Å². The summed E-state index contributed by atoms with van der Waals surface area (Å²) in [4.78, 5) is 11.1. The van der Waals surface area contributed by atoms with Crippen LogP contribution in [0, 0.1) is 6.92 Å². The van der Waals surface area contributed by atoms with E-state index in [0.717, 1.165) is 39.3 Å². The van der Waals surface area contributed by atoms with Crippen LogP contribution in [-0.4, -0.2) is 48.6 Å². The third-order valence-electron chi connectivity index (χ3n) is 3.73. The summed E-state index contributed by atoms with van der Waals surface area (Å²) in [6, 6.07) is 0.657. The van der Waals surface area contributed by atoms with Crippen LogP contribution in [0.25, 0.3) is 0 Å². The summed E-state index contributed by atoms with van der Waals surface area (Å²) in [5.74, 6) is 0. The highest BCUT2D eigenvalue weighted by Gasteiger charge is 2.21. The Morgan fingerprint density at radius 3 is 2.53 bits per heavy atom. The molecule has 4 nitrogen and oxygen atoms in total. The molecular weight excluding hydrogens is 256 g/mol. The van der Waals surface area contributed by atoms with Gasteiger partial charge in [0.2, 0.25) is 0 Å². The highest BCUT2D eigenvalue weighted by Crippen LogP contribution is 2.27. The van der Waals surface area contributed by atoms with Crippen LogP contribution in [0.4, 0.5) is 5.13 Å². The minimum Gasteiger partial charge on any atom is -0.346 e. The molecule has 0 aliphatic carbocycles. The van der Waals surface area contributed by atoms with Crippen molar-refractivity contribution in [1.29, 1.82) is 0 Å². The van der Waals surface area contributed by atoms with Crippen LogP contribution in [0.3, 0.4) is 0 Å². The van der Waals surface area contributed by atoms with Gasteiger partial charge in [-0.1, -0.05) is 6.92 Å². The number of piperazine rings is 1.